The van der Waals surface area contributed by atoms with Gasteiger partial charge in [0.25, 0.3) is 5.91 Å². The largest absolute Gasteiger partial charge is 0.396 e. The lowest BCUT2D eigenvalue weighted by Crippen LogP contribution is -2.39. The number of likely N-dealkylation sites (tertiary alicyclic amines) is 1. The molecule has 0 radical (unpaired) electrons. The van der Waals surface area contributed by atoms with Crippen LogP contribution in [0.5, 0.6) is 0 Å². The predicted molar refractivity (Wildman–Crippen MR) is 76.2 cm³/mol. The van der Waals surface area contributed by atoms with Crippen LogP contribution in [0.2, 0.25) is 0 Å². The highest BCUT2D eigenvalue weighted by Crippen LogP contribution is 2.18. The van der Waals surface area contributed by atoms with Gasteiger partial charge in [0.05, 0.1) is 0 Å². The van der Waals surface area contributed by atoms with E-state index >= 15 is 0 Å². The van der Waals surface area contributed by atoms with Gasteiger partial charge in [-0.05, 0) is 42.9 Å². The molecular formula is C16H23NO2. The number of carbonyl (C=O) groups is 1. The number of aliphatic hydroxyl groups is 1. The molecular weight excluding hydrogens is 238 g/mol. The Balaban J connectivity index is 1.96. The van der Waals surface area contributed by atoms with Crippen molar-refractivity contribution in [2.75, 3.05) is 19.7 Å². The molecule has 1 aromatic rings. The second kappa shape index (κ2) is 6.71. The van der Waals surface area contributed by atoms with Crippen LogP contribution in [0.4, 0.5) is 0 Å². The summed E-state index contributed by atoms with van der Waals surface area (Å²) in [6.07, 6.45) is 4.02. The fourth-order valence-electron chi connectivity index (χ4n) is 2.60. The number of benzene rings is 1. The third-order valence-electron chi connectivity index (χ3n) is 3.90. The maximum Gasteiger partial charge on any atom is 0.253 e. The molecule has 3 heteroatoms. The second-order valence-corrected chi connectivity index (χ2v) is 5.37. The van der Waals surface area contributed by atoms with Crippen molar-refractivity contribution in [2.45, 2.75) is 32.6 Å². The van der Waals surface area contributed by atoms with Gasteiger partial charge in [-0.3, -0.25) is 4.79 Å². The number of hydrogen-bond acceptors (Lipinski definition) is 2. The Hall–Kier alpha value is -1.35. The van der Waals surface area contributed by atoms with Gasteiger partial charge < -0.3 is 10.0 Å². The summed E-state index contributed by atoms with van der Waals surface area (Å²) in [7, 11) is 0. The molecule has 0 unspecified atom stereocenters. The SMILES string of the molecule is CCCc1ccc(C(=O)N2CCC(CO)CC2)cc1. The van der Waals surface area contributed by atoms with E-state index in [4.69, 9.17) is 5.11 Å². The summed E-state index contributed by atoms with van der Waals surface area (Å²) in [5, 5.41) is 9.11. The molecule has 104 valence electrons. The summed E-state index contributed by atoms with van der Waals surface area (Å²) < 4.78 is 0. The summed E-state index contributed by atoms with van der Waals surface area (Å²) >= 11 is 0. The van der Waals surface area contributed by atoms with Crippen molar-refractivity contribution in [1.29, 1.82) is 0 Å². The maximum atomic E-state index is 12.3. The molecule has 0 aromatic heterocycles. The van der Waals surface area contributed by atoms with Gasteiger partial charge in [-0.1, -0.05) is 25.5 Å². The van der Waals surface area contributed by atoms with Gasteiger partial charge in [0.15, 0.2) is 0 Å². The van der Waals surface area contributed by atoms with Crippen molar-refractivity contribution in [3.63, 3.8) is 0 Å². The van der Waals surface area contributed by atoms with E-state index < -0.39 is 0 Å². The lowest BCUT2D eigenvalue weighted by Gasteiger charge is -2.31. The average Bonchev–Trinajstić information content (AvgIpc) is 2.48. The molecule has 1 amide bonds. The highest BCUT2D eigenvalue weighted by Gasteiger charge is 2.22. The summed E-state index contributed by atoms with van der Waals surface area (Å²) in [6.45, 7) is 3.93. The van der Waals surface area contributed by atoms with Crippen LogP contribution in [-0.2, 0) is 6.42 Å². The van der Waals surface area contributed by atoms with E-state index in [1.54, 1.807) is 0 Å². The Labute approximate surface area is 115 Å². The summed E-state index contributed by atoms with van der Waals surface area (Å²) in [5.41, 5.74) is 2.07. The first-order chi connectivity index (χ1) is 9.24. The summed E-state index contributed by atoms with van der Waals surface area (Å²) in [5.74, 6) is 0.496. The first-order valence-electron chi connectivity index (χ1n) is 7.23. The second-order valence-electron chi connectivity index (χ2n) is 5.37. The maximum absolute atomic E-state index is 12.3. The molecule has 1 N–H and O–H groups in total. The van der Waals surface area contributed by atoms with E-state index in [2.05, 4.69) is 19.1 Å². The Kier molecular flexibility index (Phi) is 4.97. The van der Waals surface area contributed by atoms with E-state index in [0.29, 0.717) is 5.92 Å². The van der Waals surface area contributed by atoms with Gasteiger partial charge in [-0.15, -0.1) is 0 Å². The lowest BCUT2D eigenvalue weighted by molar-refractivity contribution is 0.0651. The number of aryl methyl sites for hydroxylation is 1. The smallest absolute Gasteiger partial charge is 0.253 e. The minimum atomic E-state index is 0.124. The van der Waals surface area contributed by atoms with Crippen molar-refractivity contribution in [3.05, 3.63) is 35.4 Å². The van der Waals surface area contributed by atoms with Crippen LogP contribution in [0.3, 0.4) is 0 Å². The molecule has 0 atom stereocenters. The fourth-order valence-corrected chi connectivity index (χ4v) is 2.60. The Morgan fingerprint density at radius 1 is 1.26 bits per heavy atom. The molecule has 3 nitrogen and oxygen atoms in total. The molecule has 1 heterocycles. The van der Waals surface area contributed by atoms with E-state index in [0.717, 1.165) is 44.3 Å². The van der Waals surface area contributed by atoms with E-state index in [-0.39, 0.29) is 12.5 Å². The van der Waals surface area contributed by atoms with Crippen molar-refractivity contribution in [3.8, 4) is 0 Å². The monoisotopic (exact) mass is 261 g/mol. The Bertz CT molecular complexity index is 405. The minimum Gasteiger partial charge on any atom is -0.396 e. The van der Waals surface area contributed by atoms with Crippen LogP contribution in [0, 0.1) is 5.92 Å². The van der Waals surface area contributed by atoms with Crippen LogP contribution in [0.15, 0.2) is 24.3 Å². The van der Waals surface area contributed by atoms with Crippen LogP contribution in [-0.4, -0.2) is 35.6 Å². The van der Waals surface area contributed by atoms with Crippen LogP contribution >= 0.6 is 0 Å². The highest BCUT2D eigenvalue weighted by atomic mass is 16.3. The van der Waals surface area contributed by atoms with Crippen molar-refractivity contribution in [2.24, 2.45) is 5.92 Å². The summed E-state index contributed by atoms with van der Waals surface area (Å²) in [4.78, 5) is 14.2. The topological polar surface area (TPSA) is 40.5 Å². The number of piperidine rings is 1. The predicted octanol–water partition coefficient (Wildman–Crippen LogP) is 2.48. The zero-order valence-corrected chi connectivity index (χ0v) is 11.6. The number of carbonyl (C=O) groups excluding carboxylic acids is 1. The molecule has 1 aliphatic rings. The van der Waals surface area contributed by atoms with Gasteiger partial charge >= 0.3 is 0 Å². The number of nitrogens with zero attached hydrogens (tertiary/aromatic N) is 1. The van der Waals surface area contributed by atoms with E-state index in [9.17, 15) is 4.79 Å². The normalized spacial score (nSPS) is 16.6. The molecule has 2 rings (SSSR count). The zero-order chi connectivity index (χ0) is 13.7. The zero-order valence-electron chi connectivity index (χ0n) is 11.6. The van der Waals surface area contributed by atoms with Crippen LogP contribution < -0.4 is 0 Å². The molecule has 0 saturated carbocycles. The minimum absolute atomic E-state index is 0.124. The molecule has 1 fully saturated rings. The third kappa shape index (κ3) is 3.57. The number of amides is 1. The quantitative estimate of drug-likeness (QED) is 0.904. The van der Waals surface area contributed by atoms with E-state index in [1.165, 1.54) is 5.56 Å². The fraction of sp³-hybridized carbons (Fsp3) is 0.562. The van der Waals surface area contributed by atoms with Gasteiger partial charge in [0.2, 0.25) is 0 Å². The Morgan fingerprint density at radius 2 is 1.89 bits per heavy atom. The van der Waals surface area contributed by atoms with Gasteiger partial charge in [0.1, 0.15) is 0 Å². The molecule has 1 aromatic carbocycles. The van der Waals surface area contributed by atoms with Crippen LogP contribution in [0.25, 0.3) is 0 Å². The first kappa shape index (κ1) is 14.1. The molecule has 1 aliphatic heterocycles. The van der Waals surface area contributed by atoms with Crippen molar-refractivity contribution < 1.29 is 9.90 Å². The van der Waals surface area contributed by atoms with Crippen LogP contribution in [0.1, 0.15) is 42.1 Å². The number of aliphatic hydroxyl groups excluding tert-OH is 1. The standard InChI is InChI=1S/C16H23NO2/c1-2-3-13-4-6-15(7-5-13)16(19)17-10-8-14(12-18)9-11-17/h4-7,14,18H,2-3,8-12H2,1H3. The molecule has 19 heavy (non-hydrogen) atoms. The van der Waals surface area contributed by atoms with Gasteiger partial charge in [-0.2, -0.15) is 0 Å². The molecule has 0 spiro atoms. The van der Waals surface area contributed by atoms with E-state index in [1.807, 2.05) is 17.0 Å². The first-order valence-corrected chi connectivity index (χ1v) is 7.23. The number of hydrogen-bond donors (Lipinski definition) is 1. The van der Waals surface area contributed by atoms with Gasteiger partial charge in [-0.25, -0.2) is 0 Å². The number of rotatable bonds is 4. The Morgan fingerprint density at radius 3 is 2.42 bits per heavy atom. The van der Waals surface area contributed by atoms with Crippen molar-refractivity contribution in [1.82, 2.24) is 4.90 Å². The molecule has 0 aliphatic carbocycles. The summed E-state index contributed by atoms with van der Waals surface area (Å²) in [6, 6.07) is 7.98. The van der Waals surface area contributed by atoms with Crippen molar-refractivity contribution >= 4 is 5.91 Å². The van der Waals surface area contributed by atoms with Gasteiger partial charge in [0, 0.05) is 25.3 Å². The molecule has 0 bridgehead atoms. The average molecular weight is 261 g/mol. The highest BCUT2D eigenvalue weighted by molar-refractivity contribution is 5.94. The third-order valence-corrected chi connectivity index (χ3v) is 3.90. The lowest BCUT2D eigenvalue weighted by atomic mass is 9.97. The molecule has 1 saturated heterocycles.